The van der Waals surface area contributed by atoms with Crippen molar-refractivity contribution in [3.63, 3.8) is 0 Å². The summed E-state index contributed by atoms with van der Waals surface area (Å²) in [5.74, 6) is 0.637. The molecule has 1 fully saturated rings. The molecule has 5 heteroatoms. The van der Waals surface area contributed by atoms with E-state index in [1.165, 1.54) is 15.7 Å². The monoisotopic (exact) mass is 311 g/mol. The summed E-state index contributed by atoms with van der Waals surface area (Å²) in [6.45, 7) is 15.6. The van der Waals surface area contributed by atoms with Crippen LogP contribution >= 0.6 is 11.3 Å². The van der Waals surface area contributed by atoms with Crippen LogP contribution in [0.1, 0.15) is 45.2 Å². The molecule has 0 saturated carbocycles. The topological polar surface area (TPSA) is 37.4 Å². The Morgan fingerprint density at radius 3 is 2.52 bits per heavy atom. The quantitative estimate of drug-likeness (QED) is 0.907. The summed E-state index contributed by atoms with van der Waals surface area (Å²) >= 11 is 1.85. The maximum Gasteiger partial charge on any atom is 0.185 e. The van der Waals surface area contributed by atoms with Gasteiger partial charge in [0.05, 0.1) is 18.9 Å². The van der Waals surface area contributed by atoms with Crippen LogP contribution in [0, 0.1) is 5.92 Å². The lowest BCUT2D eigenvalue weighted by Gasteiger charge is -2.26. The fourth-order valence-electron chi connectivity index (χ4n) is 2.29. The normalized spacial score (nSPS) is 16.8. The van der Waals surface area contributed by atoms with Crippen LogP contribution in [0.25, 0.3) is 0 Å². The van der Waals surface area contributed by atoms with Gasteiger partial charge in [0.2, 0.25) is 0 Å². The average Bonchev–Trinajstić information content (AvgIpc) is 2.79. The maximum absolute atomic E-state index is 5.44. The van der Waals surface area contributed by atoms with Gasteiger partial charge in [-0.05, 0) is 33.1 Å². The molecular weight excluding hydrogens is 282 g/mol. The van der Waals surface area contributed by atoms with Crippen LogP contribution in [0.2, 0.25) is 0 Å². The van der Waals surface area contributed by atoms with E-state index in [-0.39, 0.29) is 5.54 Å². The third-order valence-electron chi connectivity index (χ3n) is 3.43. The number of nitrogens with zero attached hydrogens (tertiary/aromatic N) is 2. The van der Waals surface area contributed by atoms with Gasteiger partial charge < -0.3 is 15.0 Å². The first-order valence-corrected chi connectivity index (χ1v) is 8.73. The van der Waals surface area contributed by atoms with Crippen LogP contribution in [-0.2, 0) is 17.7 Å². The number of hydrogen-bond acceptors (Lipinski definition) is 5. The number of rotatable bonds is 5. The second kappa shape index (κ2) is 7.07. The van der Waals surface area contributed by atoms with Gasteiger partial charge >= 0.3 is 0 Å². The largest absolute Gasteiger partial charge is 0.378 e. The summed E-state index contributed by atoms with van der Waals surface area (Å²) in [5.41, 5.74) is 1.41. The number of nitrogens with one attached hydrogen (secondary N) is 1. The molecule has 0 unspecified atom stereocenters. The number of anilines is 1. The van der Waals surface area contributed by atoms with Gasteiger partial charge in [0.25, 0.3) is 0 Å². The van der Waals surface area contributed by atoms with Crippen LogP contribution in [-0.4, -0.2) is 36.8 Å². The zero-order chi connectivity index (χ0) is 15.5. The molecule has 0 bridgehead atoms. The van der Waals surface area contributed by atoms with Gasteiger partial charge in [-0.1, -0.05) is 13.8 Å². The zero-order valence-corrected chi connectivity index (χ0v) is 14.8. The van der Waals surface area contributed by atoms with Gasteiger partial charge in [0.1, 0.15) is 0 Å². The lowest BCUT2D eigenvalue weighted by atomic mass is 10.1. The highest BCUT2D eigenvalue weighted by Gasteiger charge is 2.20. The number of hydrogen-bond donors (Lipinski definition) is 1. The molecule has 1 saturated heterocycles. The Balaban J connectivity index is 2.13. The number of thiazole rings is 1. The van der Waals surface area contributed by atoms with E-state index in [9.17, 15) is 0 Å². The minimum atomic E-state index is 0.137. The fourth-order valence-corrected chi connectivity index (χ4v) is 3.37. The van der Waals surface area contributed by atoms with Gasteiger partial charge in [-0.25, -0.2) is 4.98 Å². The first-order valence-electron chi connectivity index (χ1n) is 7.91. The molecule has 2 heterocycles. The maximum atomic E-state index is 5.44. The van der Waals surface area contributed by atoms with Crippen molar-refractivity contribution in [3.8, 4) is 0 Å². The van der Waals surface area contributed by atoms with E-state index in [2.05, 4.69) is 44.8 Å². The molecule has 0 spiro atoms. The van der Waals surface area contributed by atoms with E-state index in [4.69, 9.17) is 9.72 Å². The van der Waals surface area contributed by atoms with E-state index in [1.54, 1.807) is 0 Å². The first-order chi connectivity index (χ1) is 9.85. The highest BCUT2D eigenvalue weighted by Crippen LogP contribution is 2.29. The molecule has 1 aliphatic heterocycles. The van der Waals surface area contributed by atoms with E-state index in [0.717, 1.165) is 39.3 Å². The molecule has 1 aliphatic rings. The third kappa shape index (κ3) is 5.24. The van der Waals surface area contributed by atoms with Crippen LogP contribution in [0.15, 0.2) is 0 Å². The third-order valence-corrected chi connectivity index (χ3v) is 4.59. The summed E-state index contributed by atoms with van der Waals surface area (Å²) in [5, 5.41) is 4.76. The predicted octanol–water partition coefficient (Wildman–Crippen LogP) is 3.07. The fraction of sp³-hybridized carbons (Fsp3) is 0.812. The molecule has 0 radical (unpaired) electrons. The van der Waals surface area contributed by atoms with Crippen molar-refractivity contribution in [1.82, 2.24) is 10.3 Å². The molecule has 0 aliphatic carbocycles. The summed E-state index contributed by atoms with van der Waals surface area (Å²) in [7, 11) is 0. The van der Waals surface area contributed by atoms with Crippen molar-refractivity contribution < 1.29 is 4.74 Å². The van der Waals surface area contributed by atoms with Crippen molar-refractivity contribution >= 4 is 16.5 Å². The lowest BCUT2D eigenvalue weighted by Crippen LogP contribution is -2.36. The molecule has 1 aromatic rings. The van der Waals surface area contributed by atoms with Crippen molar-refractivity contribution in [3.05, 3.63) is 10.6 Å². The van der Waals surface area contributed by atoms with E-state index < -0.39 is 0 Å². The second-order valence-corrected chi connectivity index (χ2v) is 8.23. The van der Waals surface area contributed by atoms with Gasteiger partial charge in [-0.15, -0.1) is 11.3 Å². The Morgan fingerprint density at radius 1 is 1.29 bits per heavy atom. The van der Waals surface area contributed by atoms with Gasteiger partial charge in [0.15, 0.2) is 5.13 Å². The zero-order valence-electron chi connectivity index (χ0n) is 14.0. The minimum Gasteiger partial charge on any atom is -0.378 e. The Labute approximate surface area is 132 Å². The van der Waals surface area contributed by atoms with Gasteiger partial charge in [-0.3, -0.25) is 0 Å². The van der Waals surface area contributed by atoms with E-state index >= 15 is 0 Å². The first kappa shape index (κ1) is 16.7. The molecule has 0 amide bonds. The number of aromatic nitrogens is 1. The highest BCUT2D eigenvalue weighted by atomic mass is 32.1. The van der Waals surface area contributed by atoms with Crippen LogP contribution in [0.3, 0.4) is 0 Å². The van der Waals surface area contributed by atoms with Crippen molar-refractivity contribution in [2.75, 3.05) is 31.2 Å². The molecular formula is C16H29N3OS. The second-order valence-electron chi connectivity index (χ2n) is 7.17. The van der Waals surface area contributed by atoms with Crippen molar-refractivity contribution in [1.29, 1.82) is 0 Å². The van der Waals surface area contributed by atoms with Crippen LogP contribution in [0.4, 0.5) is 5.13 Å². The smallest absolute Gasteiger partial charge is 0.185 e. The van der Waals surface area contributed by atoms with Crippen molar-refractivity contribution in [2.24, 2.45) is 5.92 Å². The molecule has 1 N–H and O–H groups in total. The molecule has 0 atom stereocenters. The Kier molecular flexibility index (Phi) is 5.63. The van der Waals surface area contributed by atoms with E-state index in [0.29, 0.717) is 5.92 Å². The molecule has 21 heavy (non-hydrogen) atoms. The number of morpholine rings is 1. The minimum absolute atomic E-state index is 0.137. The molecule has 1 aromatic heterocycles. The molecule has 2 rings (SSSR count). The summed E-state index contributed by atoms with van der Waals surface area (Å²) in [4.78, 5) is 8.67. The molecule has 4 nitrogen and oxygen atoms in total. The van der Waals surface area contributed by atoms with Gasteiger partial charge in [-0.2, -0.15) is 0 Å². The van der Waals surface area contributed by atoms with Gasteiger partial charge in [0, 0.05) is 30.1 Å². The Bertz CT molecular complexity index is 445. The summed E-state index contributed by atoms with van der Waals surface area (Å²) < 4.78 is 5.44. The average molecular weight is 311 g/mol. The molecule has 120 valence electrons. The van der Waals surface area contributed by atoms with Crippen molar-refractivity contribution in [2.45, 2.75) is 53.1 Å². The van der Waals surface area contributed by atoms with Crippen LogP contribution in [0.5, 0.6) is 0 Å². The summed E-state index contributed by atoms with van der Waals surface area (Å²) in [6.07, 6.45) is 1.06. The number of ether oxygens (including phenoxy) is 1. The van der Waals surface area contributed by atoms with Crippen LogP contribution < -0.4 is 10.2 Å². The highest BCUT2D eigenvalue weighted by molar-refractivity contribution is 7.15. The predicted molar refractivity (Wildman–Crippen MR) is 90.3 cm³/mol. The molecule has 0 aromatic carbocycles. The Morgan fingerprint density at radius 2 is 1.95 bits per heavy atom. The lowest BCUT2D eigenvalue weighted by molar-refractivity contribution is 0.122. The standard InChI is InChI=1S/C16H29N3OS/c1-12(2)10-13-14(11-17-16(3,4)5)21-15(18-13)19-6-8-20-9-7-19/h12,17H,6-11H2,1-5H3. The summed E-state index contributed by atoms with van der Waals surface area (Å²) in [6, 6.07) is 0. The van der Waals surface area contributed by atoms with E-state index in [1.807, 2.05) is 11.3 Å². The SMILES string of the molecule is CC(C)Cc1nc(N2CCOCC2)sc1CNC(C)(C)C. The Hall–Kier alpha value is -0.650.